The SMILES string of the molecule is CC(C)C[C@@H](Nc1cc(-n2ccnc2)nc(NCc2ccc(Cl)cc2Cl)n1)C(=O)NCc1ccc(Cl)cc1. The number of rotatable bonds is 11. The quantitative estimate of drug-likeness (QED) is 0.193. The highest BCUT2D eigenvalue weighted by molar-refractivity contribution is 6.35. The second kappa shape index (κ2) is 13.0. The Kier molecular flexibility index (Phi) is 9.44. The summed E-state index contributed by atoms with van der Waals surface area (Å²) in [5.41, 5.74) is 1.81. The number of imidazole rings is 1. The van der Waals surface area contributed by atoms with E-state index in [2.05, 4.69) is 44.7 Å². The monoisotopic (exact) mass is 571 g/mol. The number of hydrogen-bond donors (Lipinski definition) is 3. The fourth-order valence-corrected chi connectivity index (χ4v) is 4.35. The van der Waals surface area contributed by atoms with E-state index in [1.165, 1.54) is 0 Å². The van der Waals surface area contributed by atoms with Crippen LogP contribution in [0.1, 0.15) is 31.4 Å². The van der Waals surface area contributed by atoms with Gasteiger partial charge in [-0.15, -0.1) is 0 Å². The molecule has 0 saturated carbocycles. The van der Waals surface area contributed by atoms with Crippen molar-refractivity contribution in [3.8, 4) is 5.82 Å². The first-order chi connectivity index (χ1) is 18.3. The number of carbonyl (C=O) groups is 1. The van der Waals surface area contributed by atoms with Crippen LogP contribution >= 0.6 is 34.8 Å². The summed E-state index contributed by atoms with van der Waals surface area (Å²) < 4.78 is 1.77. The molecule has 0 fully saturated rings. The number of anilines is 2. The van der Waals surface area contributed by atoms with Crippen molar-refractivity contribution < 1.29 is 4.79 Å². The lowest BCUT2D eigenvalue weighted by molar-refractivity contribution is -0.122. The molecule has 0 saturated heterocycles. The standard InChI is InChI=1S/C27H28Cl3N7O/c1-17(2)11-23(26(38)32-14-18-3-6-20(28)7-4-18)34-24-13-25(37-10-9-31-16-37)36-27(35-24)33-15-19-5-8-21(29)12-22(19)30/h3-10,12-13,16-17,23H,11,14-15H2,1-2H3,(H,32,38)(H2,33,34,35,36)/t23-/m1/s1. The van der Waals surface area contributed by atoms with E-state index in [0.717, 1.165) is 11.1 Å². The van der Waals surface area contributed by atoms with Gasteiger partial charge in [-0.25, -0.2) is 4.98 Å². The minimum Gasteiger partial charge on any atom is -0.358 e. The summed E-state index contributed by atoms with van der Waals surface area (Å²) in [5.74, 6) is 1.61. The Balaban J connectivity index is 1.54. The van der Waals surface area contributed by atoms with Crippen LogP contribution in [0.25, 0.3) is 5.82 Å². The van der Waals surface area contributed by atoms with Gasteiger partial charge in [-0.2, -0.15) is 9.97 Å². The smallest absolute Gasteiger partial charge is 0.242 e. The molecule has 0 aliphatic rings. The minimum atomic E-state index is -0.508. The van der Waals surface area contributed by atoms with Gasteiger partial charge in [0.15, 0.2) is 0 Å². The minimum absolute atomic E-state index is 0.126. The van der Waals surface area contributed by atoms with Gasteiger partial charge in [-0.1, -0.05) is 66.8 Å². The molecule has 2 aromatic carbocycles. The molecule has 0 aliphatic carbocycles. The number of benzene rings is 2. The summed E-state index contributed by atoms with van der Waals surface area (Å²) in [7, 11) is 0. The molecular weight excluding hydrogens is 545 g/mol. The lowest BCUT2D eigenvalue weighted by atomic mass is 10.0. The zero-order valence-corrected chi connectivity index (χ0v) is 23.2. The van der Waals surface area contributed by atoms with Crippen LogP contribution < -0.4 is 16.0 Å². The maximum absolute atomic E-state index is 13.2. The maximum atomic E-state index is 13.2. The van der Waals surface area contributed by atoms with E-state index in [4.69, 9.17) is 34.8 Å². The first-order valence-electron chi connectivity index (χ1n) is 12.1. The van der Waals surface area contributed by atoms with Crippen LogP contribution in [-0.2, 0) is 17.9 Å². The number of amides is 1. The van der Waals surface area contributed by atoms with Gasteiger partial charge in [-0.05, 0) is 47.7 Å². The molecule has 2 aromatic heterocycles. The molecule has 4 aromatic rings. The van der Waals surface area contributed by atoms with Gasteiger partial charge in [-0.3, -0.25) is 9.36 Å². The Hall–Kier alpha value is -3.33. The predicted octanol–water partition coefficient (Wildman–Crippen LogP) is 6.38. The van der Waals surface area contributed by atoms with E-state index < -0.39 is 6.04 Å². The number of hydrogen-bond acceptors (Lipinski definition) is 6. The van der Waals surface area contributed by atoms with Gasteiger partial charge >= 0.3 is 0 Å². The normalized spacial score (nSPS) is 11.8. The summed E-state index contributed by atoms with van der Waals surface area (Å²) in [5, 5.41) is 11.3. The van der Waals surface area contributed by atoms with Crippen LogP contribution in [0.15, 0.2) is 67.3 Å². The van der Waals surface area contributed by atoms with Crippen molar-refractivity contribution in [1.29, 1.82) is 0 Å². The Morgan fingerprint density at radius 3 is 2.42 bits per heavy atom. The van der Waals surface area contributed by atoms with E-state index in [0.29, 0.717) is 52.2 Å². The van der Waals surface area contributed by atoms with Crippen molar-refractivity contribution in [2.45, 2.75) is 39.4 Å². The molecular formula is C27H28Cl3N7O. The van der Waals surface area contributed by atoms with Crippen LogP contribution in [-0.4, -0.2) is 31.5 Å². The second-order valence-electron chi connectivity index (χ2n) is 9.16. The van der Waals surface area contributed by atoms with Gasteiger partial charge < -0.3 is 16.0 Å². The molecule has 0 unspecified atom stereocenters. The molecule has 198 valence electrons. The fourth-order valence-electron chi connectivity index (χ4n) is 3.75. The zero-order chi connectivity index (χ0) is 27.1. The van der Waals surface area contributed by atoms with Crippen molar-refractivity contribution in [3.63, 3.8) is 0 Å². The summed E-state index contributed by atoms with van der Waals surface area (Å²) >= 11 is 18.3. The van der Waals surface area contributed by atoms with Crippen LogP contribution in [0, 0.1) is 5.92 Å². The Bertz CT molecular complexity index is 1360. The molecule has 0 spiro atoms. The van der Waals surface area contributed by atoms with Crippen molar-refractivity contribution in [2.75, 3.05) is 10.6 Å². The highest BCUT2D eigenvalue weighted by Crippen LogP contribution is 2.23. The first kappa shape index (κ1) is 27.7. The van der Waals surface area contributed by atoms with Crippen LogP contribution in [0.2, 0.25) is 15.1 Å². The maximum Gasteiger partial charge on any atom is 0.242 e. The van der Waals surface area contributed by atoms with Gasteiger partial charge in [0, 0.05) is 46.6 Å². The first-order valence-corrected chi connectivity index (χ1v) is 13.2. The van der Waals surface area contributed by atoms with E-state index >= 15 is 0 Å². The fraction of sp³-hybridized carbons (Fsp3) is 0.259. The number of halogens is 3. The summed E-state index contributed by atoms with van der Waals surface area (Å²) in [6, 6.07) is 14.0. The third kappa shape index (κ3) is 7.84. The topological polar surface area (TPSA) is 96.8 Å². The van der Waals surface area contributed by atoms with Crippen LogP contribution in [0.4, 0.5) is 11.8 Å². The van der Waals surface area contributed by atoms with Gasteiger partial charge in [0.1, 0.15) is 24.0 Å². The van der Waals surface area contributed by atoms with Gasteiger partial charge in [0.25, 0.3) is 0 Å². The van der Waals surface area contributed by atoms with Crippen molar-refractivity contribution in [1.82, 2.24) is 24.8 Å². The highest BCUT2D eigenvalue weighted by Gasteiger charge is 2.21. The number of nitrogens with one attached hydrogen (secondary N) is 3. The van der Waals surface area contributed by atoms with Crippen molar-refractivity contribution in [3.05, 3.63) is 93.4 Å². The molecule has 0 radical (unpaired) electrons. The van der Waals surface area contributed by atoms with Crippen LogP contribution in [0.5, 0.6) is 0 Å². The number of carbonyl (C=O) groups excluding carboxylic acids is 1. The Morgan fingerprint density at radius 2 is 1.74 bits per heavy atom. The predicted molar refractivity (Wildman–Crippen MR) is 153 cm³/mol. The average molecular weight is 573 g/mol. The molecule has 1 amide bonds. The molecule has 0 aliphatic heterocycles. The van der Waals surface area contributed by atoms with E-state index in [1.807, 2.05) is 18.2 Å². The number of aromatic nitrogens is 4. The van der Waals surface area contributed by atoms with Crippen molar-refractivity contribution >= 4 is 52.5 Å². The molecule has 2 heterocycles. The zero-order valence-electron chi connectivity index (χ0n) is 21.0. The third-order valence-electron chi connectivity index (χ3n) is 5.66. The summed E-state index contributed by atoms with van der Waals surface area (Å²) in [6.07, 6.45) is 5.72. The van der Waals surface area contributed by atoms with E-state index in [9.17, 15) is 4.79 Å². The average Bonchev–Trinajstić information content (AvgIpc) is 3.42. The Labute approximate surface area is 236 Å². The summed E-state index contributed by atoms with van der Waals surface area (Å²) in [4.78, 5) is 26.6. The lowest BCUT2D eigenvalue weighted by Crippen LogP contribution is -2.40. The molecule has 38 heavy (non-hydrogen) atoms. The van der Waals surface area contributed by atoms with Gasteiger partial charge in [0.2, 0.25) is 11.9 Å². The van der Waals surface area contributed by atoms with Crippen LogP contribution in [0.3, 0.4) is 0 Å². The van der Waals surface area contributed by atoms with Gasteiger partial charge in [0.05, 0.1) is 0 Å². The molecule has 1 atom stereocenters. The Morgan fingerprint density at radius 1 is 0.974 bits per heavy atom. The molecule has 11 heteroatoms. The highest BCUT2D eigenvalue weighted by atomic mass is 35.5. The second-order valence-corrected chi connectivity index (χ2v) is 10.4. The molecule has 8 nitrogen and oxygen atoms in total. The number of nitrogens with zero attached hydrogens (tertiary/aromatic N) is 4. The lowest BCUT2D eigenvalue weighted by Gasteiger charge is -2.21. The summed E-state index contributed by atoms with van der Waals surface area (Å²) in [6.45, 7) is 4.92. The largest absolute Gasteiger partial charge is 0.358 e. The van der Waals surface area contributed by atoms with E-state index in [1.54, 1.807) is 53.6 Å². The van der Waals surface area contributed by atoms with Crippen molar-refractivity contribution in [2.24, 2.45) is 5.92 Å². The molecule has 4 rings (SSSR count). The molecule has 0 bridgehead atoms. The van der Waals surface area contributed by atoms with E-state index in [-0.39, 0.29) is 11.8 Å². The third-order valence-corrected chi connectivity index (χ3v) is 6.50. The molecule has 3 N–H and O–H groups in total.